The Bertz CT molecular complexity index is 137. The molecule has 3 heteroatoms. The number of unbranched alkanes of at least 4 members (excludes halogenated alkanes) is 4. The van der Waals surface area contributed by atoms with Gasteiger partial charge in [0, 0.05) is 0 Å². The van der Waals surface area contributed by atoms with Gasteiger partial charge in [-0.25, -0.2) is 0 Å². The van der Waals surface area contributed by atoms with E-state index in [9.17, 15) is 4.79 Å². The summed E-state index contributed by atoms with van der Waals surface area (Å²) >= 11 is 1.68. The number of carbonyl (C=O) groups excluding carboxylic acids is 1. The van der Waals surface area contributed by atoms with Crippen molar-refractivity contribution < 1.29 is 9.53 Å². The molecule has 84 valence electrons. The average molecular weight is 218 g/mol. The lowest BCUT2D eigenvalue weighted by Crippen LogP contribution is -2.06. The van der Waals surface area contributed by atoms with Crippen LogP contribution in [0, 0.1) is 0 Å². The minimum Gasteiger partial charge on any atom is -0.465 e. The van der Waals surface area contributed by atoms with Crippen LogP contribution in [0.4, 0.5) is 0 Å². The highest BCUT2D eigenvalue weighted by atomic mass is 32.2. The predicted molar refractivity (Wildman–Crippen MR) is 62.7 cm³/mol. The Balaban J connectivity index is 3.01. The molecule has 0 aliphatic rings. The molecule has 0 N–H and O–H groups in total. The van der Waals surface area contributed by atoms with Crippen molar-refractivity contribution in [1.82, 2.24) is 0 Å². The average Bonchev–Trinajstić information content (AvgIpc) is 2.17. The summed E-state index contributed by atoms with van der Waals surface area (Å²) in [4.78, 5) is 10.9. The third-order valence-electron chi connectivity index (χ3n) is 1.92. The molecular formula is C11H22O2S. The fraction of sp³-hybridized carbons (Fsp3) is 0.909. The van der Waals surface area contributed by atoms with Crippen LogP contribution in [0.25, 0.3) is 0 Å². The molecule has 0 amide bonds. The third-order valence-corrected chi connectivity index (χ3v) is 2.93. The van der Waals surface area contributed by atoms with Crippen LogP contribution in [0.1, 0.15) is 46.0 Å². The van der Waals surface area contributed by atoms with Gasteiger partial charge in [-0.1, -0.05) is 32.6 Å². The van der Waals surface area contributed by atoms with E-state index in [0.717, 1.165) is 5.75 Å². The van der Waals surface area contributed by atoms with Gasteiger partial charge in [-0.2, -0.15) is 11.8 Å². The number of hydrogen-bond donors (Lipinski definition) is 0. The summed E-state index contributed by atoms with van der Waals surface area (Å²) in [5.74, 6) is 1.52. The molecule has 0 fully saturated rings. The molecule has 0 aromatic carbocycles. The van der Waals surface area contributed by atoms with Crippen molar-refractivity contribution in [1.29, 1.82) is 0 Å². The van der Waals surface area contributed by atoms with Crippen LogP contribution in [0.5, 0.6) is 0 Å². The van der Waals surface area contributed by atoms with Gasteiger partial charge in [-0.05, 0) is 19.1 Å². The van der Waals surface area contributed by atoms with Crippen molar-refractivity contribution in [2.24, 2.45) is 0 Å². The first kappa shape index (κ1) is 13.8. The zero-order valence-electron chi connectivity index (χ0n) is 9.38. The fourth-order valence-corrected chi connectivity index (χ4v) is 1.97. The first-order valence-corrected chi connectivity index (χ1v) is 6.70. The lowest BCUT2D eigenvalue weighted by atomic mass is 10.2. The van der Waals surface area contributed by atoms with E-state index in [0.29, 0.717) is 12.4 Å². The molecule has 0 saturated carbocycles. The van der Waals surface area contributed by atoms with Gasteiger partial charge in [0.05, 0.1) is 12.4 Å². The quantitative estimate of drug-likeness (QED) is 0.439. The second-order valence-electron chi connectivity index (χ2n) is 3.27. The molecular weight excluding hydrogens is 196 g/mol. The number of carbonyl (C=O) groups is 1. The Morgan fingerprint density at radius 2 is 1.86 bits per heavy atom. The minimum absolute atomic E-state index is 0.0777. The van der Waals surface area contributed by atoms with Gasteiger partial charge in [0.1, 0.15) is 0 Å². The van der Waals surface area contributed by atoms with Crippen molar-refractivity contribution >= 4 is 17.7 Å². The van der Waals surface area contributed by atoms with Gasteiger partial charge in [0.15, 0.2) is 0 Å². The monoisotopic (exact) mass is 218 g/mol. The highest BCUT2D eigenvalue weighted by molar-refractivity contribution is 7.99. The Morgan fingerprint density at radius 3 is 2.50 bits per heavy atom. The van der Waals surface area contributed by atoms with Crippen molar-refractivity contribution in [2.45, 2.75) is 46.0 Å². The summed E-state index contributed by atoms with van der Waals surface area (Å²) in [7, 11) is 0. The standard InChI is InChI=1S/C11H22O2S/c1-3-5-6-7-8-9-14-10-11(12)13-4-2/h3-10H2,1-2H3. The zero-order chi connectivity index (χ0) is 10.6. The number of rotatable bonds is 9. The van der Waals surface area contributed by atoms with E-state index in [2.05, 4.69) is 6.92 Å². The smallest absolute Gasteiger partial charge is 0.315 e. The first-order chi connectivity index (χ1) is 6.81. The second-order valence-corrected chi connectivity index (χ2v) is 4.38. The minimum atomic E-state index is -0.0777. The Labute approximate surface area is 91.8 Å². The molecule has 0 aromatic heterocycles. The van der Waals surface area contributed by atoms with Gasteiger partial charge in [-0.3, -0.25) is 4.79 Å². The molecule has 2 nitrogen and oxygen atoms in total. The molecule has 0 aliphatic carbocycles. The molecule has 0 saturated heterocycles. The molecule has 0 heterocycles. The first-order valence-electron chi connectivity index (χ1n) is 5.54. The summed E-state index contributed by atoms with van der Waals surface area (Å²) < 4.78 is 4.83. The third kappa shape index (κ3) is 9.90. The van der Waals surface area contributed by atoms with Crippen LogP contribution in [0.15, 0.2) is 0 Å². The lowest BCUT2D eigenvalue weighted by Gasteiger charge is -2.01. The van der Waals surface area contributed by atoms with E-state index in [1.807, 2.05) is 6.92 Å². The van der Waals surface area contributed by atoms with Crippen LogP contribution < -0.4 is 0 Å². The molecule has 14 heavy (non-hydrogen) atoms. The zero-order valence-corrected chi connectivity index (χ0v) is 10.2. The summed E-state index contributed by atoms with van der Waals surface area (Å²) in [5.41, 5.74) is 0. The highest BCUT2D eigenvalue weighted by Gasteiger charge is 2.00. The maximum atomic E-state index is 10.9. The van der Waals surface area contributed by atoms with Crippen LogP contribution in [0.2, 0.25) is 0 Å². The number of thioether (sulfide) groups is 1. The van der Waals surface area contributed by atoms with Crippen molar-refractivity contribution in [2.75, 3.05) is 18.1 Å². The van der Waals surface area contributed by atoms with Crippen molar-refractivity contribution in [3.63, 3.8) is 0 Å². The topological polar surface area (TPSA) is 26.3 Å². The molecule has 0 bridgehead atoms. The van der Waals surface area contributed by atoms with Crippen LogP contribution in [-0.4, -0.2) is 24.1 Å². The summed E-state index contributed by atoms with van der Waals surface area (Å²) in [6.45, 7) is 4.55. The van der Waals surface area contributed by atoms with Gasteiger partial charge in [0.2, 0.25) is 0 Å². The van der Waals surface area contributed by atoms with Gasteiger partial charge in [0.25, 0.3) is 0 Å². The summed E-state index contributed by atoms with van der Waals surface area (Å²) in [6.07, 6.45) is 6.47. The molecule has 0 atom stereocenters. The van der Waals surface area contributed by atoms with Crippen LogP contribution in [0.3, 0.4) is 0 Å². The molecule has 0 aliphatic heterocycles. The van der Waals surface area contributed by atoms with E-state index in [1.165, 1.54) is 32.1 Å². The van der Waals surface area contributed by atoms with E-state index >= 15 is 0 Å². The predicted octanol–water partition coefficient (Wildman–Crippen LogP) is 3.25. The van der Waals surface area contributed by atoms with Crippen LogP contribution >= 0.6 is 11.8 Å². The summed E-state index contributed by atoms with van der Waals surface area (Å²) in [6, 6.07) is 0. The van der Waals surface area contributed by atoms with Gasteiger partial charge < -0.3 is 4.74 Å². The number of hydrogen-bond acceptors (Lipinski definition) is 3. The Kier molecular flexibility index (Phi) is 10.8. The van der Waals surface area contributed by atoms with Crippen LogP contribution in [-0.2, 0) is 9.53 Å². The SMILES string of the molecule is CCCCCCCSCC(=O)OCC. The molecule has 0 unspecified atom stereocenters. The number of ether oxygens (including phenoxy) is 1. The molecule has 0 aromatic rings. The second kappa shape index (κ2) is 10.9. The van der Waals surface area contributed by atoms with E-state index < -0.39 is 0 Å². The Hall–Kier alpha value is -0.180. The maximum Gasteiger partial charge on any atom is 0.315 e. The van der Waals surface area contributed by atoms with E-state index in [1.54, 1.807) is 11.8 Å². The largest absolute Gasteiger partial charge is 0.465 e. The maximum absolute atomic E-state index is 10.9. The van der Waals surface area contributed by atoms with Crippen molar-refractivity contribution in [3.8, 4) is 0 Å². The molecule has 0 spiro atoms. The lowest BCUT2D eigenvalue weighted by molar-refractivity contribution is -0.139. The molecule has 0 rings (SSSR count). The summed E-state index contributed by atoms with van der Waals surface area (Å²) in [5, 5.41) is 0. The van der Waals surface area contributed by atoms with E-state index in [-0.39, 0.29) is 5.97 Å². The fourth-order valence-electron chi connectivity index (χ4n) is 1.17. The normalized spacial score (nSPS) is 10.1. The number of esters is 1. The molecule has 0 radical (unpaired) electrons. The van der Waals surface area contributed by atoms with Gasteiger partial charge >= 0.3 is 5.97 Å². The van der Waals surface area contributed by atoms with Gasteiger partial charge in [-0.15, -0.1) is 0 Å². The highest BCUT2D eigenvalue weighted by Crippen LogP contribution is 2.08. The van der Waals surface area contributed by atoms with E-state index in [4.69, 9.17) is 4.74 Å². The van der Waals surface area contributed by atoms with Crippen molar-refractivity contribution in [3.05, 3.63) is 0 Å². The Morgan fingerprint density at radius 1 is 1.14 bits per heavy atom.